The molecular formula is C12H11N3O4S. The Bertz CT molecular complexity index is 615. The van der Waals surface area contributed by atoms with Crippen molar-refractivity contribution in [3.8, 4) is 0 Å². The molecule has 2 heterocycles. The van der Waals surface area contributed by atoms with Crippen LogP contribution in [0.4, 0.5) is 5.82 Å². The van der Waals surface area contributed by atoms with Crippen molar-refractivity contribution in [3.05, 3.63) is 40.5 Å². The summed E-state index contributed by atoms with van der Waals surface area (Å²) in [7, 11) is 1.22. The van der Waals surface area contributed by atoms with E-state index in [4.69, 9.17) is 0 Å². The molecule has 0 radical (unpaired) electrons. The lowest BCUT2D eigenvalue weighted by atomic mass is 10.2. The van der Waals surface area contributed by atoms with Gasteiger partial charge in [-0.1, -0.05) is 6.07 Å². The van der Waals surface area contributed by atoms with E-state index in [1.54, 1.807) is 17.5 Å². The molecule has 0 aliphatic rings. The molecule has 8 heteroatoms. The van der Waals surface area contributed by atoms with Crippen LogP contribution < -0.4 is 5.32 Å². The number of rotatable bonds is 5. The van der Waals surface area contributed by atoms with Gasteiger partial charge in [0, 0.05) is 11.1 Å². The van der Waals surface area contributed by atoms with Gasteiger partial charge in [0.15, 0.2) is 6.04 Å². The van der Waals surface area contributed by atoms with Crippen molar-refractivity contribution in [3.63, 3.8) is 0 Å². The van der Waals surface area contributed by atoms with E-state index in [0.717, 1.165) is 0 Å². The zero-order valence-electron chi connectivity index (χ0n) is 10.4. The van der Waals surface area contributed by atoms with Crippen LogP contribution in [-0.4, -0.2) is 34.1 Å². The Balaban J connectivity index is 2.23. The molecule has 0 spiro atoms. The van der Waals surface area contributed by atoms with Gasteiger partial charge in [0.05, 0.1) is 7.11 Å². The van der Waals surface area contributed by atoms with Gasteiger partial charge in [0.2, 0.25) is 5.82 Å². The van der Waals surface area contributed by atoms with Gasteiger partial charge in [-0.2, -0.15) is 0 Å². The average molecular weight is 293 g/mol. The summed E-state index contributed by atoms with van der Waals surface area (Å²) in [5, 5.41) is 13.8. The zero-order valence-corrected chi connectivity index (χ0v) is 11.3. The summed E-state index contributed by atoms with van der Waals surface area (Å²) in [5.74, 6) is -1.61. The van der Waals surface area contributed by atoms with Crippen molar-refractivity contribution >= 4 is 29.1 Å². The summed E-state index contributed by atoms with van der Waals surface area (Å²) in [6.45, 7) is 0. The van der Waals surface area contributed by atoms with Crippen molar-refractivity contribution < 1.29 is 19.4 Å². The Morgan fingerprint density at radius 1 is 1.45 bits per heavy atom. The number of carboxylic acids is 1. The minimum atomic E-state index is -1.04. The molecule has 0 bridgehead atoms. The molecule has 0 saturated carbocycles. The molecule has 104 valence electrons. The molecule has 1 atom stereocenters. The quantitative estimate of drug-likeness (QED) is 0.806. The molecule has 0 saturated heterocycles. The van der Waals surface area contributed by atoms with Crippen LogP contribution in [0, 0.1) is 0 Å². The van der Waals surface area contributed by atoms with Crippen molar-refractivity contribution in [1.29, 1.82) is 0 Å². The van der Waals surface area contributed by atoms with E-state index >= 15 is 0 Å². The zero-order chi connectivity index (χ0) is 14.5. The van der Waals surface area contributed by atoms with Crippen molar-refractivity contribution in [2.75, 3.05) is 12.4 Å². The van der Waals surface area contributed by atoms with E-state index < -0.39 is 18.0 Å². The number of nitrogens with zero attached hydrogens (tertiary/aromatic N) is 2. The van der Waals surface area contributed by atoms with Crippen molar-refractivity contribution in [1.82, 2.24) is 9.97 Å². The van der Waals surface area contributed by atoms with E-state index in [1.807, 2.05) is 0 Å². The third-order valence-corrected chi connectivity index (χ3v) is 3.33. The minimum absolute atomic E-state index is 0.132. The molecule has 7 nitrogen and oxygen atoms in total. The monoisotopic (exact) mass is 293 g/mol. The first kappa shape index (κ1) is 13.9. The first-order chi connectivity index (χ1) is 9.61. The SMILES string of the molecule is COC(=O)c1nccc(NC(C(=O)O)c2cccs2)n1. The predicted octanol–water partition coefficient (Wildman–Crippen LogP) is 1.56. The Kier molecular flexibility index (Phi) is 4.26. The summed E-state index contributed by atoms with van der Waals surface area (Å²) in [5.41, 5.74) is 0. The molecule has 2 N–H and O–H groups in total. The number of aromatic nitrogens is 2. The maximum atomic E-state index is 11.3. The molecule has 2 aromatic rings. The lowest BCUT2D eigenvalue weighted by Crippen LogP contribution is -2.20. The van der Waals surface area contributed by atoms with Crippen LogP contribution in [0.25, 0.3) is 0 Å². The number of ether oxygens (including phenoxy) is 1. The van der Waals surface area contributed by atoms with Gasteiger partial charge in [-0.25, -0.2) is 19.6 Å². The highest BCUT2D eigenvalue weighted by Crippen LogP contribution is 2.23. The second-order valence-electron chi connectivity index (χ2n) is 3.69. The fraction of sp³-hybridized carbons (Fsp3) is 0.167. The van der Waals surface area contributed by atoms with Gasteiger partial charge in [0.1, 0.15) is 5.82 Å². The molecule has 0 aliphatic carbocycles. The summed E-state index contributed by atoms with van der Waals surface area (Å²) < 4.78 is 4.51. The fourth-order valence-electron chi connectivity index (χ4n) is 1.49. The largest absolute Gasteiger partial charge is 0.479 e. The Morgan fingerprint density at radius 3 is 2.85 bits per heavy atom. The summed E-state index contributed by atoms with van der Waals surface area (Å²) in [6.07, 6.45) is 1.36. The number of methoxy groups -OCH3 is 1. The second kappa shape index (κ2) is 6.11. The first-order valence-corrected chi connectivity index (χ1v) is 6.44. The van der Waals surface area contributed by atoms with Crippen molar-refractivity contribution in [2.45, 2.75) is 6.04 Å². The van der Waals surface area contributed by atoms with E-state index in [-0.39, 0.29) is 11.6 Å². The molecule has 1 unspecified atom stereocenters. The van der Waals surface area contributed by atoms with Gasteiger partial charge < -0.3 is 15.2 Å². The number of aliphatic carboxylic acids is 1. The number of carboxylic acid groups (broad SMARTS) is 1. The highest BCUT2D eigenvalue weighted by atomic mass is 32.1. The highest BCUT2D eigenvalue weighted by molar-refractivity contribution is 7.10. The van der Waals surface area contributed by atoms with Crippen LogP contribution in [0.5, 0.6) is 0 Å². The Morgan fingerprint density at radius 2 is 2.25 bits per heavy atom. The van der Waals surface area contributed by atoms with E-state index in [9.17, 15) is 14.7 Å². The Hall–Kier alpha value is -2.48. The molecule has 0 fully saturated rings. The number of hydrogen-bond donors (Lipinski definition) is 2. The van der Waals surface area contributed by atoms with E-state index in [0.29, 0.717) is 4.88 Å². The average Bonchev–Trinajstić information content (AvgIpc) is 2.97. The summed E-state index contributed by atoms with van der Waals surface area (Å²) in [6, 6.07) is 4.02. The highest BCUT2D eigenvalue weighted by Gasteiger charge is 2.21. The van der Waals surface area contributed by atoms with Gasteiger partial charge >= 0.3 is 11.9 Å². The standard InChI is InChI=1S/C12H11N3O4S/c1-19-12(18)10-13-5-4-8(15-10)14-9(11(16)17)7-3-2-6-20-7/h2-6,9H,1H3,(H,16,17)(H,13,14,15). The minimum Gasteiger partial charge on any atom is -0.479 e. The molecule has 20 heavy (non-hydrogen) atoms. The number of anilines is 1. The van der Waals surface area contributed by atoms with Crippen LogP contribution in [0.2, 0.25) is 0 Å². The van der Waals surface area contributed by atoms with Gasteiger partial charge in [-0.05, 0) is 17.5 Å². The maximum absolute atomic E-state index is 11.3. The van der Waals surface area contributed by atoms with Crippen LogP contribution in [0.3, 0.4) is 0 Å². The number of hydrogen-bond acceptors (Lipinski definition) is 7. The van der Waals surface area contributed by atoms with Crippen molar-refractivity contribution in [2.24, 2.45) is 0 Å². The number of carbonyl (C=O) groups is 2. The van der Waals surface area contributed by atoms with Crippen LogP contribution in [0.1, 0.15) is 21.5 Å². The van der Waals surface area contributed by atoms with Gasteiger partial charge in [-0.15, -0.1) is 11.3 Å². The third-order valence-electron chi connectivity index (χ3n) is 2.39. The topological polar surface area (TPSA) is 101 Å². The molecule has 2 aromatic heterocycles. The molecule has 0 aliphatic heterocycles. The third kappa shape index (κ3) is 3.09. The number of carbonyl (C=O) groups excluding carboxylic acids is 1. The molecular weight excluding hydrogens is 282 g/mol. The first-order valence-electron chi connectivity index (χ1n) is 5.56. The molecule has 2 rings (SSSR count). The van der Waals surface area contributed by atoms with Crippen LogP contribution in [-0.2, 0) is 9.53 Å². The van der Waals surface area contributed by atoms with Crippen LogP contribution in [0.15, 0.2) is 29.8 Å². The number of thiophene rings is 1. The maximum Gasteiger partial charge on any atom is 0.376 e. The predicted molar refractivity (Wildman–Crippen MR) is 71.7 cm³/mol. The molecule has 0 amide bonds. The summed E-state index contributed by atoms with van der Waals surface area (Å²) >= 11 is 1.32. The smallest absolute Gasteiger partial charge is 0.376 e. The van der Waals surface area contributed by atoms with Crippen LogP contribution >= 0.6 is 11.3 Å². The van der Waals surface area contributed by atoms with E-state index in [2.05, 4.69) is 20.0 Å². The second-order valence-corrected chi connectivity index (χ2v) is 4.67. The van der Waals surface area contributed by atoms with Gasteiger partial charge in [0.25, 0.3) is 0 Å². The molecule has 0 aromatic carbocycles. The lowest BCUT2D eigenvalue weighted by Gasteiger charge is -2.13. The van der Waals surface area contributed by atoms with E-state index in [1.165, 1.54) is 30.7 Å². The number of nitrogens with one attached hydrogen (secondary N) is 1. The summed E-state index contributed by atoms with van der Waals surface area (Å²) in [4.78, 5) is 30.9. The van der Waals surface area contributed by atoms with Gasteiger partial charge in [-0.3, -0.25) is 0 Å². The Labute approximate surface area is 118 Å². The normalized spacial score (nSPS) is 11.7. The lowest BCUT2D eigenvalue weighted by molar-refractivity contribution is -0.138. The number of esters is 1. The fourth-order valence-corrected chi connectivity index (χ4v) is 2.25.